The molecule has 2 aliphatic rings. The molecule has 0 radical (unpaired) electrons. The molecule has 0 spiro atoms. The second-order valence-corrected chi connectivity index (χ2v) is 7.07. The highest BCUT2D eigenvalue weighted by Crippen LogP contribution is 2.31. The number of carbonyl (C=O) groups excluding carboxylic acids is 1. The molecule has 1 saturated heterocycles. The number of aromatic hydroxyl groups is 1. The van der Waals surface area contributed by atoms with Gasteiger partial charge in [-0.25, -0.2) is 0 Å². The van der Waals surface area contributed by atoms with Crippen molar-refractivity contribution in [2.24, 2.45) is 0 Å². The number of phenols is 1. The van der Waals surface area contributed by atoms with Crippen LogP contribution in [0.1, 0.15) is 18.0 Å². The molecule has 0 saturated carbocycles. The third-order valence-corrected chi connectivity index (χ3v) is 5.25. The number of nitrogens with zero attached hydrogens (tertiary/aromatic N) is 2. The van der Waals surface area contributed by atoms with E-state index in [-0.39, 0.29) is 17.7 Å². The summed E-state index contributed by atoms with van der Waals surface area (Å²) in [5, 5.41) is 12.6. The zero-order valence-electron chi connectivity index (χ0n) is 15.3. The zero-order chi connectivity index (χ0) is 18.6. The van der Waals surface area contributed by atoms with Gasteiger partial charge in [0.25, 0.3) is 0 Å². The number of anilines is 1. The maximum Gasteiger partial charge on any atom is 0.234 e. The molecule has 1 fully saturated rings. The molecular weight excluding hydrogens is 342 g/mol. The molecule has 2 N–H and O–H groups in total. The Balaban J connectivity index is 1.28. The van der Waals surface area contributed by atoms with Crippen molar-refractivity contribution < 1.29 is 14.6 Å². The fraction of sp³-hybridized carbons (Fsp3) is 0.381. The van der Waals surface area contributed by atoms with Gasteiger partial charge >= 0.3 is 0 Å². The Hall–Kier alpha value is -2.73. The van der Waals surface area contributed by atoms with Gasteiger partial charge in [-0.05, 0) is 30.3 Å². The van der Waals surface area contributed by atoms with E-state index in [0.717, 1.165) is 49.6 Å². The number of carbonyl (C=O) groups is 1. The Kier molecular flexibility index (Phi) is 5.16. The largest absolute Gasteiger partial charge is 0.508 e. The normalized spacial score (nSPS) is 19.9. The summed E-state index contributed by atoms with van der Waals surface area (Å²) >= 11 is 0. The fourth-order valence-electron chi connectivity index (χ4n) is 3.76. The summed E-state index contributed by atoms with van der Waals surface area (Å²) < 4.78 is 5.66. The number of nitrogens with one attached hydrogen (secondary N) is 1. The highest BCUT2D eigenvalue weighted by Gasteiger charge is 2.24. The quantitative estimate of drug-likeness (QED) is 0.867. The van der Waals surface area contributed by atoms with Gasteiger partial charge in [-0.15, -0.1) is 0 Å². The third-order valence-electron chi connectivity index (χ3n) is 5.25. The van der Waals surface area contributed by atoms with Crippen molar-refractivity contribution in [2.75, 3.05) is 44.2 Å². The van der Waals surface area contributed by atoms with Crippen LogP contribution in [0, 0.1) is 0 Å². The summed E-state index contributed by atoms with van der Waals surface area (Å²) in [5.74, 6) is 1.22. The maximum atomic E-state index is 12.5. The molecule has 4 rings (SSSR count). The lowest BCUT2D eigenvalue weighted by Gasteiger charge is -2.36. The minimum absolute atomic E-state index is 0.0285. The van der Waals surface area contributed by atoms with E-state index in [4.69, 9.17) is 4.74 Å². The number of hydrogen-bond donors (Lipinski definition) is 2. The Morgan fingerprint density at radius 2 is 1.81 bits per heavy atom. The number of amides is 1. The molecule has 1 atom stereocenters. The summed E-state index contributed by atoms with van der Waals surface area (Å²) in [7, 11) is 0. The molecular formula is C21H25N3O3. The molecule has 0 aromatic heterocycles. The molecule has 0 bridgehead atoms. The zero-order valence-corrected chi connectivity index (χ0v) is 15.3. The molecule has 1 unspecified atom stereocenters. The lowest BCUT2D eigenvalue weighted by atomic mass is 10.0. The number of para-hydroxylation sites is 1. The van der Waals surface area contributed by atoms with E-state index < -0.39 is 0 Å². The van der Waals surface area contributed by atoms with Crippen molar-refractivity contribution >= 4 is 11.6 Å². The van der Waals surface area contributed by atoms with Crippen LogP contribution < -0.4 is 15.0 Å². The smallest absolute Gasteiger partial charge is 0.234 e. The monoisotopic (exact) mass is 367 g/mol. The summed E-state index contributed by atoms with van der Waals surface area (Å²) in [6.07, 6.45) is 0.803. The van der Waals surface area contributed by atoms with E-state index in [0.29, 0.717) is 13.2 Å². The number of phenolic OH excluding ortho intramolecular Hbond substituents is 1. The van der Waals surface area contributed by atoms with E-state index in [1.54, 1.807) is 12.1 Å². The van der Waals surface area contributed by atoms with Crippen LogP contribution in [-0.2, 0) is 4.79 Å². The van der Waals surface area contributed by atoms with Gasteiger partial charge < -0.3 is 20.1 Å². The lowest BCUT2D eigenvalue weighted by molar-refractivity contribution is -0.123. The van der Waals surface area contributed by atoms with E-state index in [9.17, 15) is 9.90 Å². The average molecular weight is 367 g/mol. The van der Waals surface area contributed by atoms with Crippen molar-refractivity contribution in [3.05, 3.63) is 54.1 Å². The van der Waals surface area contributed by atoms with Gasteiger partial charge in [-0.3, -0.25) is 9.69 Å². The van der Waals surface area contributed by atoms with Gasteiger partial charge in [0.2, 0.25) is 5.91 Å². The van der Waals surface area contributed by atoms with Crippen molar-refractivity contribution in [3.63, 3.8) is 0 Å². The lowest BCUT2D eigenvalue weighted by Crippen LogP contribution is -2.50. The summed E-state index contributed by atoms with van der Waals surface area (Å²) in [5.41, 5.74) is 2.17. The maximum absolute atomic E-state index is 12.5. The van der Waals surface area contributed by atoms with Gasteiger partial charge in [0.15, 0.2) is 0 Å². The molecule has 1 amide bonds. The molecule has 2 aromatic carbocycles. The third kappa shape index (κ3) is 4.17. The molecule has 27 heavy (non-hydrogen) atoms. The predicted molar refractivity (Wildman–Crippen MR) is 104 cm³/mol. The van der Waals surface area contributed by atoms with Gasteiger partial charge in [-0.1, -0.05) is 18.2 Å². The van der Waals surface area contributed by atoms with Crippen LogP contribution in [0.4, 0.5) is 5.69 Å². The van der Waals surface area contributed by atoms with Crippen molar-refractivity contribution in [1.29, 1.82) is 0 Å². The first-order chi connectivity index (χ1) is 13.2. The Labute approximate surface area is 159 Å². The minimum Gasteiger partial charge on any atom is -0.508 e. The predicted octanol–water partition coefficient (Wildman–Crippen LogP) is 2.15. The minimum atomic E-state index is 0.0285. The van der Waals surface area contributed by atoms with E-state index in [1.807, 2.05) is 36.4 Å². The van der Waals surface area contributed by atoms with E-state index >= 15 is 0 Å². The Bertz CT molecular complexity index is 786. The summed E-state index contributed by atoms with van der Waals surface area (Å²) in [6.45, 7) is 4.49. The van der Waals surface area contributed by atoms with Crippen LogP contribution in [0.3, 0.4) is 0 Å². The first-order valence-corrected chi connectivity index (χ1v) is 9.46. The molecule has 2 aromatic rings. The van der Waals surface area contributed by atoms with Crippen molar-refractivity contribution in [2.45, 2.75) is 12.5 Å². The van der Waals surface area contributed by atoms with Crippen LogP contribution in [0.5, 0.6) is 11.5 Å². The molecule has 2 heterocycles. The highest BCUT2D eigenvalue weighted by atomic mass is 16.5. The number of hydrogen-bond acceptors (Lipinski definition) is 5. The van der Waals surface area contributed by atoms with Crippen LogP contribution >= 0.6 is 0 Å². The molecule has 0 aliphatic carbocycles. The average Bonchev–Trinajstić information content (AvgIpc) is 2.69. The summed E-state index contributed by atoms with van der Waals surface area (Å²) in [4.78, 5) is 17.0. The molecule has 6 heteroatoms. The van der Waals surface area contributed by atoms with Gasteiger partial charge in [0.1, 0.15) is 11.5 Å². The van der Waals surface area contributed by atoms with Crippen LogP contribution in [0.25, 0.3) is 0 Å². The van der Waals surface area contributed by atoms with Crippen LogP contribution in [-0.4, -0.2) is 55.2 Å². The van der Waals surface area contributed by atoms with Gasteiger partial charge in [0, 0.05) is 43.9 Å². The number of benzene rings is 2. The first-order valence-electron chi connectivity index (χ1n) is 9.46. The first kappa shape index (κ1) is 17.7. The number of rotatable bonds is 4. The number of ether oxygens (including phenoxy) is 1. The standard InChI is InChI=1S/C21H25N3O3/c25-17-7-5-16(6-8-17)24-12-10-23(11-13-24)15-21(26)22-19-9-14-27-20-4-2-1-3-18(19)20/h1-8,19,25H,9-15H2,(H,22,26). The van der Waals surface area contributed by atoms with Crippen LogP contribution in [0.2, 0.25) is 0 Å². The van der Waals surface area contributed by atoms with E-state index in [2.05, 4.69) is 15.1 Å². The number of fused-ring (bicyclic) bond motifs is 1. The van der Waals surface area contributed by atoms with Crippen molar-refractivity contribution in [1.82, 2.24) is 10.2 Å². The number of piperazine rings is 1. The van der Waals surface area contributed by atoms with Gasteiger partial charge in [-0.2, -0.15) is 0 Å². The van der Waals surface area contributed by atoms with Crippen LogP contribution in [0.15, 0.2) is 48.5 Å². The molecule has 6 nitrogen and oxygen atoms in total. The second-order valence-electron chi connectivity index (χ2n) is 7.07. The highest BCUT2D eigenvalue weighted by molar-refractivity contribution is 5.78. The van der Waals surface area contributed by atoms with Gasteiger partial charge in [0.05, 0.1) is 19.2 Å². The SMILES string of the molecule is O=C(CN1CCN(c2ccc(O)cc2)CC1)NC1CCOc2ccccc21. The summed E-state index contributed by atoms with van der Waals surface area (Å²) in [6, 6.07) is 15.2. The molecule has 142 valence electrons. The molecule has 2 aliphatic heterocycles. The topological polar surface area (TPSA) is 65.0 Å². The second kappa shape index (κ2) is 7.88. The Morgan fingerprint density at radius 1 is 1.07 bits per heavy atom. The van der Waals surface area contributed by atoms with Crippen molar-refractivity contribution in [3.8, 4) is 11.5 Å². The Morgan fingerprint density at radius 3 is 2.59 bits per heavy atom. The van der Waals surface area contributed by atoms with E-state index in [1.165, 1.54) is 0 Å². The fourth-order valence-corrected chi connectivity index (χ4v) is 3.76.